The third kappa shape index (κ3) is 7.31. The molecule has 1 aliphatic carbocycles. The molecular formula is C11H25IN4O2S. The first-order chi connectivity index (χ1) is 8.42. The van der Waals surface area contributed by atoms with E-state index in [9.17, 15) is 8.42 Å². The van der Waals surface area contributed by atoms with E-state index in [1.807, 2.05) is 0 Å². The predicted octanol–water partition coefficient (Wildman–Crippen LogP) is 0.733. The van der Waals surface area contributed by atoms with Crippen LogP contribution >= 0.6 is 24.0 Å². The molecule has 3 N–H and O–H groups in total. The monoisotopic (exact) mass is 404 g/mol. The van der Waals surface area contributed by atoms with E-state index >= 15 is 0 Å². The van der Waals surface area contributed by atoms with Gasteiger partial charge in [-0.3, -0.25) is 4.99 Å². The minimum absolute atomic E-state index is 0. The third-order valence-corrected chi connectivity index (χ3v) is 4.96. The molecule has 0 spiro atoms. The largest absolute Gasteiger partial charge is 0.370 e. The van der Waals surface area contributed by atoms with E-state index in [0.29, 0.717) is 12.0 Å². The standard InChI is InChI=1S/C11H24N4O2S.HI/c1-15(2)18(16,17)9-8-13-11(12)14-10-6-4-3-5-7-10;/h10H,3-9H2,1-2H3,(H3,12,13,14);1H. The van der Waals surface area contributed by atoms with Gasteiger partial charge >= 0.3 is 0 Å². The highest BCUT2D eigenvalue weighted by atomic mass is 127. The van der Waals surface area contributed by atoms with E-state index in [1.165, 1.54) is 37.7 Å². The lowest BCUT2D eigenvalue weighted by atomic mass is 9.96. The fraction of sp³-hybridized carbons (Fsp3) is 0.909. The molecule has 0 aromatic heterocycles. The first kappa shape index (κ1) is 18.9. The summed E-state index contributed by atoms with van der Waals surface area (Å²) in [5.41, 5.74) is 5.74. The van der Waals surface area contributed by atoms with Gasteiger partial charge in [-0.05, 0) is 12.8 Å². The smallest absolute Gasteiger partial charge is 0.215 e. The lowest BCUT2D eigenvalue weighted by Crippen LogP contribution is -2.41. The number of nitrogens with zero attached hydrogens (tertiary/aromatic N) is 2. The summed E-state index contributed by atoms with van der Waals surface area (Å²) in [6, 6.07) is 0.396. The summed E-state index contributed by atoms with van der Waals surface area (Å²) in [4.78, 5) is 4.06. The molecular weight excluding hydrogens is 379 g/mol. The molecule has 1 fully saturated rings. The van der Waals surface area contributed by atoms with Crippen LogP contribution in [0.5, 0.6) is 0 Å². The Morgan fingerprint density at radius 2 is 1.89 bits per heavy atom. The van der Waals surface area contributed by atoms with Gasteiger partial charge in [-0.1, -0.05) is 19.3 Å². The zero-order valence-electron chi connectivity index (χ0n) is 11.6. The van der Waals surface area contributed by atoms with Crippen LogP contribution in [0.4, 0.5) is 0 Å². The molecule has 0 amide bonds. The van der Waals surface area contributed by atoms with Gasteiger partial charge in [0.05, 0.1) is 12.3 Å². The quantitative estimate of drug-likeness (QED) is 0.402. The van der Waals surface area contributed by atoms with Crippen molar-refractivity contribution in [1.82, 2.24) is 9.62 Å². The van der Waals surface area contributed by atoms with E-state index in [0.717, 1.165) is 12.8 Å². The van der Waals surface area contributed by atoms with Gasteiger partial charge in [-0.15, -0.1) is 24.0 Å². The molecule has 1 aliphatic rings. The summed E-state index contributed by atoms with van der Waals surface area (Å²) in [7, 11) is -0.151. The Morgan fingerprint density at radius 1 is 1.32 bits per heavy atom. The molecule has 114 valence electrons. The zero-order valence-corrected chi connectivity index (χ0v) is 14.8. The van der Waals surface area contributed by atoms with Gasteiger partial charge in [0.25, 0.3) is 0 Å². The maximum Gasteiger partial charge on any atom is 0.215 e. The number of rotatable bonds is 5. The Bertz CT molecular complexity index is 378. The van der Waals surface area contributed by atoms with Crippen LogP contribution in [0.25, 0.3) is 0 Å². The van der Waals surface area contributed by atoms with Gasteiger partial charge in [0, 0.05) is 20.1 Å². The summed E-state index contributed by atoms with van der Waals surface area (Å²) in [5.74, 6) is 0.350. The van der Waals surface area contributed by atoms with Crippen LogP contribution in [-0.4, -0.2) is 51.1 Å². The maximum atomic E-state index is 11.5. The van der Waals surface area contributed by atoms with Crippen LogP contribution in [0.1, 0.15) is 32.1 Å². The van der Waals surface area contributed by atoms with E-state index < -0.39 is 10.0 Å². The fourth-order valence-corrected chi connectivity index (χ4v) is 2.65. The first-order valence-electron chi connectivity index (χ1n) is 6.38. The number of sulfonamides is 1. The molecule has 19 heavy (non-hydrogen) atoms. The molecule has 0 unspecified atom stereocenters. The Hall–Kier alpha value is -0.0900. The first-order valence-corrected chi connectivity index (χ1v) is 7.99. The molecule has 0 atom stereocenters. The van der Waals surface area contributed by atoms with Gasteiger partial charge < -0.3 is 11.1 Å². The molecule has 8 heteroatoms. The summed E-state index contributed by atoms with van der Waals surface area (Å²) < 4.78 is 24.2. The van der Waals surface area contributed by atoms with Gasteiger partial charge in [-0.25, -0.2) is 12.7 Å². The van der Waals surface area contributed by atoms with Crippen LogP contribution in [0, 0.1) is 0 Å². The van der Waals surface area contributed by atoms with Crippen molar-refractivity contribution in [3.8, 4) is 0 Å². The van der Waals surface area contributed by atoms with E-state index in [-0.39, 0.29) is 36.3 Å². The lowest BCUT2D eigenvalue weighted by Gasteiger charge is -2.23. The van der Waals surface area contributed by atoms with E-state index in [4.69, 9.17) is 5.73 Å². The van der Waals surface area contributed by atoms with Gasteiger partial charge in [0.15, 0.2) is 5.96 Å². The molecule has 0 bridgehead atoms. The molecule has 0 aromatic rings. The van der Waals surface area contributed by atoms with Crippen LogP contribution in [0.3, 0.4) is 0 Å². The minimum atomic E-state index is -3.18. The number of nitrogens with two attached hydrogens (primary N) is 1. The second kappa shape index (κ2) is 8.96. The molecule has 0 heterocycles. The number of halogens is 1. The van der Waals surface area contributed by atoms with Crippen molar-refractivity contribution in [3.63, 3.8) is 0 Å². The maximum absolute atomic E-state index is 11.5. The minimum Gasteiger partial charge on any atom is -0.370 e. The average molecular weight is 404 g/mol. The Balaban J connectivity index is 0.00000324. The van der Waals surface area contributed by atoms with Crippen LogP contribution in [-0.2, 0) is 10.0 Å². The summed E-state index contributed by atoms with van der Waals surface area (Å²) >= 11 is 0. The highest BCUT2D eigenvalue weighted by Crippen LogP contribution is 2.16. The highest BCUT2D eigenvalue weighted by Gasteiger charge is 2.14. The number of aliphatic imine (C=N–C) groups is 1. The number of hydrogen-bond donors (Lipinski definition) is 2. The Kier molecular flexibility index (Phi) is 8.92. The number of nitrogens with one attached hydrogen (secondary N) is 1. The number of hydrogen-bond acceptors (Lipinski definition) is 3. The lowest BCUT2D eigenvalue weighted by molar-refractivity contribution is 0.412. The van der Waals surface area contributed by atoms with Crippen LogP contribution in [0.2, 0.25) is 0 Å². The molecule has 0 aromatic carbocycles. The van der Waals surface area contributed by atoms with Gasteiger partial charge in [0.2, 0.25) is 10.0 Å². The van der Waals surface area contributed by atoms with Crippen molar-refractivity contribution < 1.29 is 8.42 Å². The summed E-state index contributed by atoms with van der Waals surface area (Å²) in [5, 5.41) is 3.15. The average Bonchev–Trinajstić information content (AvgIpc) is 2.29. The number of guanidine groups is 1. The Labute approximate surface area is 133 Å². The normalized spacial score (nSPS) is 18.2. The highest BCUT2D eigenvalue weighted by molar-refractivity contribution is 14.0. The van der Waals surface area contributed by atoms with Crippen LogP contribution < -0.4 is 11.1 Å². The van der Waals surface area contributed by atoms with Crippen molar-refractivity contribution in [2.75, 3.05) is 26.4 Å². The molecule has 0 saturated heterocycles. The van der Waals surface area contributed by atoms with Crippen molar-refractivity contribution in [1.29, 1.82) is 0 Å². The fourth-order valence-electron chi connectivity index (χ4n) is 1.97. The molecule has 0 radical (unpaired) electrons. The second-order valence-electron chi connectivity index (χ2n) is 4.84. The topological polar surface area (TPSA) is 87.8 Å². The van der Waals surface area contributed by atoms with Crippen molar-refractivity contribution >= 4 is 40.0 Å². The SMILES string of the molecule is CN(C)S(=O)(=O)CCN=C(N)NC1CCCCC1.I. The summed E-state index contributed by atoms with van der Waals surface area (Å²) in [6.45, 7) is 0.200. The molecule has 1 rings (SSSR count). The predicted molar refractivity (Wildman–Crippen MR) is 89.4 cm³/mol. The second-order valence-corrected chi connectivity index (χ2v) is 7.15. The van der Waals surface area contributed by atoms with Gasteiger partial charge in [0.1, 0.15) is 0 Å². The van der Waals surface area contributed by atoms with E-state index in [1.54, 1.807) is 0 Å². The van der Waals surface area contributed by atoms with Crippen LogP contribution in [0.15, 0.2) is 4.99 Å². The van der Waals surface area contributed by atoms with Crippen molar-refractivity contribution in [2.24, 2.45) is 10.7 Å². The van der Waals surface area contributed by atoms with Gasteiger partial charge in [-0.2, -0.15) is 0 Å². The Morgan fingerprint density at radius 3 is 2.42 bits per heavy atom. The zero-order chi connectivity index (χ0) is 13.6. The molecule has 1 saturated carbocycles. The summed E-state index contributed by atoms with van der Waals surface area (Å²) in [6.07, 6.45) is 5.97. The molecule has 6 nitrogen and oxygen atoms in total. The molecule has 0 aliphatic heterocycles. The third-order valence-electron chi connectivity index (χ3n) is 3.14. The van der Waals surface area contributed by atoms with Crippen molar-refractivity contribution in [2.45, 2.75) is 38.1 Å². The van der Waals surface area contributed by atoms with E-state index in [2.05, 4.69) is 10.3 Å². The van der Waals surface area contributed by atoms with Crippen molar-refractivity contribution in [3.05, 3.63) is 0 Å².